The van der Waals surface area contributed by atoms with E-state index in [1.165, 1.54) is 12.1 Å². The van der Waals surface area contributed by atoms with E-state index in [0.717, 1.165) is 6.07 Å². The molecule has 69 valence electrons. The highest BCUT2D eigenvalue weighted by atomic mass is 32.2. The fourth-order valence-corrected chi connectivity index (χ4v) is 1.45. The lowest BCUT2D eigenvalue weighted by molar-refractivity contribution is 0.0692. The third kappa shape index (κ3) is 2.04. The summed E-state index contributed by atoms with van der Waals surface area (Å²) in [6.45, 7) is 0. The van der Waals surface area contributed by atoms with E-state index in [1.54, 1.807) is 0 Å². The first-order valence-corrected chi connectivity index (χ1v) is 4.58. The van der Waals surface area contributed by atoms with Gasteiger partial charge in [-0.15, -0.1) is 0 Å². The molecule has 1 aromatic carbocycles. The van der Waals surface area contributed by atoms with E-state index in [1.807, 2.05) is 0 Å². The van der Waals surface area contributed by atoms with Gasteiger partial charge in [-0.2, -0.15) is 8.42 Å². The summed E-state index contributed by atoms with van der Waals surface area (Å²) in [5.41, 5.74) is -0.495. The predicted molar refractivity (Wildman–Crippen MR) is 42.1 cm³/mol. The van der Waals surface area contributed by atoms with Gasteiger partial charge in [-0.1, -0.05) is 12.1 Å². The first-order valence-electron chi connectivity index (χ1n) is 3.14. The molecule has 0 heterocycles. The maximum absolute atomic E-state index is 10.6. The van der Waals surface area contributed by atoms with Gasteiger partial charge in [0, 0.05) is 6.07 Å². The summed E-state index contributed by atoms with van der Waals surface area (Å²) in [5.74, 6) is -1.43. The standard InChI is InChI=1S/C7H5O5S/c8-7(9)5-3-1-2-4-6(5)13(10,11)12/h1-3H,(H,8,9)(H,10,11,12). The Labute approximate surface area is 74.4 Å². The van der Waals surface area contributed by atoms with Gasteiger partial charge in [-0.25, -0.2) is 4.79 Å². The molecule has 0 spiro atoms. The van der Waals surface area contributed by atoms with Crippen LogP contribution in [0.3, 0.4) is 0 Å². The summed E-state index contributed by atoms with van der Waals surface area (Å²) in [4.78, 5) is 9.75. The van der Waals surface area contributed by atoms with Gasteiger partial charge >= 0.3 is 5.97 Å². The maximum Gasteiger partial charge on any atom is 0.337 e. The Bertz CT molecular complexity index is 434. The van der Waals surface area contributed by atoms with Crippen molar-refractivity contribution in [2.24, 2.45) is 0 Å². The van der Waals surface area contributed by atoms with Gasteiger partial charge < -0.3 is 5.11 Å². The van der Waals surface area contributed by atoms with Gasteiger partial charge in [-0.3, -0.25) is 4.55 Å². The average Bonchev–Trinajstić information content (AvgIpc) is 2.03. The number of carboxylic acid groups (broad SMARTS) is 1. The van der Waals surface area contributed by atoms with E-state index >= 15 is 0 Å². The van der Waals surface area contributed by atoms with Gasteiger partial charge in [0.15, 0.2) is 0 Å². The summed E-state index contributed by atoms with van der Waals surface area (Å²) in [6.07, 6.45) is 0. The zero-order chi connectivity index (χ0) is 10.1. The molecule has 0 aliphatic carbocycles. The topological polar surface area (TPSA) is 91.7 Å². The molecule has 0 aromatic heterocycles. The predicted octanol–water partition coefficient (Wildman–Crippen LogP) is 0.432. The molecule has 0 aliphatic heterocycles. The molecule has 0 saturated carbocycles. The van der Waals surface area contributed by atoms with Crippen LogP contribution in [-0.4, -0.2) is 24.0 Å². The first-order chi connectivity index (χ1) is 5.93. The van der Waals surface area contributed by atoms with Crippen molar-refractivity contribution in [1.82, 2.24) is 0 Å². The van der Waals surface area contributed by atoms with Crippen molar-refractivity contribution in [3.8, 4) is 0 Å². The lowest BCUT2D eigenvalue weighted by atomic mass is 10.2. The third-order valence-corrected chi connectivity index (χ3v) is 2.16. The molecule has 6 heteroatoms. The van der Waals surface area contributed by atoms with Crippen molar-refractivity contribution < 1.29 is 22.9 Å². The number of aromatic carboxylic acids is 1. The minimum Gasteiger partial charge on any atom is -0.478 e. The number of hydrogen-bond acceptors (Lipinski definition) is 3. The van der Waals surface area contributed by atoms with Crippen molar-refractivity contribution in [2.45, 2.75) is 4.90 Å². The number of carbonyl (C=O) groups is 1. The second kappa shape index (κ2) is 3.15. The molecule has 0 fully saturated rings. The number of carboxylic acids is 1. The van der Waals surface area contributed by atoms with Crippen molar-refractivity contribution >= 4 is 16.1 Å². The van der Waals surface area contributed by atoms with Gasteiger partial charge in [0.1, 0.15) is 4.90 Å². The fraction of sp³-hybridized carbons (Fsp3) is 0. The Morgan fingerprint density at radius 2 is 2.08 bits per heavy atom. The summed E-state index contributed by atoms with van der Waals surface area (Å²) in [6, 6.07) is 5.73. The minimum atomic E-state index is -4.51. The van der Waals surface area contributed by atoms with Crippen LogP contribution in [0, 0.1) is 6.07 Å². The van der Waals surface area contributed by atoms with Crippen molar-refractivity contribution in [1.29, 1.82) is 0 Å². The summed E-state index contributed by atoms with van der Waals surface area (Å²) in [7, 11) is -4.51. The Kier molecular flexibility index (Phi) is 2.35. The molecule has 0 amide bonds. The first kappa shape index (κ1) is 9.69. The molecule has 0 bridgehead atoms. The van der Waals surface area contributed by atoms with E-state index in [9.17, 15) is 13.2 Å². The lowest BCUT2D eigenvalue weighted by Gasteiger charge is -1.99. The van der Waals surface area contributed by atoms with E-state index in [2.05, 4.69) is 6.07 Å². The molecule has 1 aromatic rings. The van der Waals surface area contributed by atoms with Crippen LogP contribution >= 0.6 is 0 Å². The van der Waals surface area contributed by atoms with Crippen LogP contribution in [0.15, 0.2) is 23.1 Å². The molecule has 0 atom stereocenters. The number of benzene rings is 1. The second-order valence-corrected chi connectivity index (χ2v) is 3.55. The highest BCUT2D eigenvalue weighted by Gasteiger charge is 2.18. The Hall–Kier alpha value is -1.40. The molecular weight excluding hydrogens is 196 g/mol. The highest BCUT2D eigenvalue weighted by Crippen LogP contribution is 2.13. The van der Waals surface area contributed by atoms with E-state index < -0.39 is 26.5 Å². The normalized spacial score (nSPS) is 11.2. The van der Waals surface area contributed by atoms with Crippen molar-refractivity contribution in [3.05, 3.63) is 29.8 Å². The van der Waals surface area contributed by atoms with Gasteiger partial charge in [0.25, 0.3) is 10.1 Å². The van der Waals surface area contributed by atoms with Crippen LogP contribution in [0.4, 0.5) is 0 Å². The van der Waals surface area contributed by atoms with Crippen LogP contribution in [0.1, 0.15) is 10.4 Å². The highest BCUT2D eigenvalue weighted by molar-refractivity contribution is 7.85. The Balaban J connectivity index is 3.46. The smallest absolute Gasteiger partial charge is 0.337 e. The average molecular weight is 201 g/mol. The Morgan fingerprint density at radius 1 is 1.46 bits per heavy atom. The molecular formula is C7H5O5S. The molecule has 13 heavy (non-hydrogen) atoms. The van der Waals surface area contributed by atoms with Gasteiger partial charge in [0.2, 0.25) is 0 Å². The van der Waals surface area contributed by atoms with Crippen molar-refractivity contribution in [3.63, 3.8) is 0 Å². The van der Waals surface area contributed by atoms with Gasteiger partial charge in [-0.05, 0) is 6.07 Å². The third-order valence-electron chi connectivity index (χ3n) is 1.31. The zero-order valence-corrected chi connectivity index (χ0v) is 7.08. The summed E-state index contributed by atoms with van der Waals surface area (Å²) in [5, 5.41) is 8.53. The van der Waals surface area contributed by atoms with Crippen LogP contribution in [0.25, 0.3) is 0 Å². The maximum atomic E-state index is 10.6. The number of rotatable bonds is 2. The van der Waals surface area contributed by atoms with E-state index in [0.29, 0.717) is 0 Å². The molecule has 5 nitrogen and oxygen atoms in total. The molecule has 1 rings (SSSR count). The zero-order valence-electron chi connectivity index (χ0n) is 6.26. The molecule has 0 aliphatic rings. The van der Waals surface area contributed by atoms with Gasteiger partial charge in [0.05, 0.1) is 5.56 Å². The second-order valence-electron chi connectivity index (χ2n) is 2.19. The molecule has 0 saturated heterocycles. The van der Waals surface area contributed by atoms with E-state index in [4.69, 9.17) is 9.66 Å². The van der Waals surface area contributed by atoms with Crippen LogP contribution in [0.2, 0.25) is 0 Å². The molecule has 1 radical (unpaired) electrons. The van der Waals surface area contributed by atoms with Crippen LogP contribution < -0.4 is 0 Å². The molecule has 2 N–H and O–H groups in total. The van der Waals surface area contributed by atoms with E-state index in [-0.39, 0.29) is 0 Å². The molecule has 0 unspecified atom stereocenters. The van der Waals surface area contributed by atoms with Crippen molar-refractivity contribution in [2.75, 3.05) is 0 Å². The number of hydrogen-bond donors (Lipinski definition) is 2. The van der Waals surface area contributed by atoms with Crippen LogP contribution in [0.5, 0.6) is 0 Å². The Morgan fingerprint density at radius 3 is 2.46 bits per heavy atom. The summed E-state index contributed by atoms with van der Waals surface area (Å²) >= 11 is 0. The monoisotopic (exact) mass is 201 g/mol. The quantitative estimate of drug-likeness (QED) is 0.677. The largest absolute Gasteiger partial charge is 0.478 e. The van der Waals surface area contributed by atoms with Crippen LogP contribution in [-0.2, 0) is 10.1 Å². The fourth-order valence-electron chi connectivity index (χ4n) is 0.803. The summed E-state index contributed by atoms with van der Waals surface area (Å²) < 4.78 is 29.8. The SMILES string of the molecule is O=C(O)c1ccc[c]c1S(=O)(=O)O. The lowest BCUT2D eigenvalue weighted by Crippen LogP contribution is -2.07. The minimum absolute atomic E-state index is 0.495.